The molecule has 12 heteroatoms. The van der Waals surface area contributed by atoms with E-state index in [2.05, 4.69) is 10.2 Å². The first-order chi connectivity index (χ1) is 15.2. The largest absolute Gasteiger partial charge is 0.504 e. The number of non-ortho nitro benzene ring substituents is 1. The van der Waals surface area contributed by atoms with Crippen molar-refractivity contribution in [3.63, 3.8) is 0 Å². The zero-order valence-corrected chi connectivity index (χ0v) is 18.4. The Morgan fingerprint density at radius 3 is 2.56 bits per heavy atom. The minimum atomic E-state index is -1.31. The topological polar surface area (TPSA) is 141 Å². The quantitative estimate of drug-likeness (QED) is 0.208. The van der Waals surface area contributed by atoms with Crippen LogP contribution in [0, 0.1) is 10.1 Å². The summed E-state index contributed by atoms with van der Waals surface area (Å²) < 4.78 is 6.68. The lowest BCUT2D eigenvalue weighted by atomic mass is 10.1. The highest BCUT2D eigenvalue weighted by atomic mass is 35.5. The first-order valence-corrected chi connectivity index (χ1v) is 10.3. The van der Waals surface area contributed by atoms with E-state index in [1.165, 1.54) is 7.11 Å². The number of aromatic hydroxyl groups is 1. The summed E-state index contributed by atoms with van der Waals surface area (Å²) in [6.45, 7) is 2.31. The maximum atomic E-state index is 11.9. The molecule has 0 fully saturated rings. The van der Waals surface area contributed by atoms with Gasteiger partial charge >= 0.3 is 5.97 Å². The van der Waals surface area contributed by atoms with E-state index in [1.807, 2.05) is 6.92 Å². The number of ether oxygens (including phenoxy) is 1. The van der Waals surface area contributed by atoms with Gasteiger partial charge in [-0.15, -0.1) is 10.2 Å². The Morgan fingerprint density at radius 2 is 2.00 bits per heavy atom. The number of hydrogen-bond donors (Lipinski definition) is 2. The van der Waals surface area contributed by atoms with Gasteiger partial charge in [0.25, 0.3) is 5.69 Å². The van der Waals surface area contributed by atoms with Crippen molar-refractivity contribution in [3.8, 4) is 22.9 Å². The van der Waals surface area contributed by atoms with E-state index in [-0.39, 0.29) is 21.9 Å². The fourth-order valence-corrected chi connectivity index (χ4v) is 3.82. The molecule has 2 aromatic carbocycles. The maximum Gasteiger partial charge on any atom is 0.342 e. The van der Waals surface area contributed by atoms with E-state index < -0.39 is 16.6 Å². The molecule has 3 aromatic rings. The molecule has 10 nitrogen and oxygen atoms in total. The predicted molar refractivity (Wildman–Crippen MR) is 119 cm³/mol. The van der Waals surface area contributed by atoms with Crippen molar-refractivity contribution < 1.29 is 24.7 Å². The molecule has 1 heterocycles. The third-order valence-electron chi connectivity index (χ3n) is 4.35. The second kappa shape index (κ2) is 9.71. The number of carboxylic acids is 1. The molecule has 0 saturated heterocycles. The summed E-state index contributed by atoms with van der Waals surface area (Å²) in [4.78, 5) is 22.2. The fraction of sp³-hybridized carbons (Fsp3) is 0.150. The molecule has 0 aliphatic heterocycles. The Hall–Kier alpha value is -3.57. The molecular formula is C20H17ClN4O6S. The number of rotatable bonds is 8. The van der Waals surface area contributed by atoms with Gasteiger partial charge in [0, 0.05) is 28.8 Å². The van der Waals surface area contributed by atoms with Crippen molar-refractivity contribution >= 4 is 41.1 Å². The number of hydrogen-bond acceptors (Lipinski definition) is 8. The molecule has 0 bridgehead atoms. The van der Waals surface area contributed by atoms with Crippen molar-refractivity contribution in [1.29, 1.82) is 0 Å². The lowest BCUT2D eigenvalue weighted by Gasteiger charge is -2.09. The number of carbonyl (C=O) groups is 1. The lowest BCUT2D eigenvalue weighted by Crippen LogP contribution is -2.03. The zero-order chi connectivity index (χ0) is 23.4. The van der Waals surface area contributed by atoms with Gasteiger partial charge in [0.2, 0.25) is 0 Å². The molecule has 0 atom stereocenters. The van der Waals surface area contributed by atoms with Crippen LogP contribution in [0.25, 0.3) is 17.5 Å². The third-order valence-corrected chi connectivity index (χ3v) is 5.60. The molecule has 0 amide bonds. The number of nitro groups is 1. The normalized spacial score (nSPS) is 11.4. The average Bonchev–Trinajstić information content (AvgIpc) is 3.17. The van der Waals surface area contributed by atoms with Gasteiger partial charge in [0.05, 0.1) is 18.1 Å². The van der Waals surface area contributed by atoms with Crippen LogP contribution in [-0.4, -0.2) is 43.0 Å². The van der Waals surface area contributed by atoms with E-state index in [4.69, 9.17) is 16.3 Å². The number of aromatic nitrogens is 3. The third kappa shape index (κ3) is 4.84. The van der Waals surface area contributed by atoms with Crippen LogP contribution >= 0.6 is 23.4 Å². The summed E-state index contributed by atoms with van der Waals surface area (Å²) in [6, 6.07) is 9.07. The van der Waals surface area contributed by atoms with Crippen LogP contribution in [0.2, 0.25) is 5.02 Å². The van der Waals surface area contributed by atoms with E-state index in [0.717, 1.165) is 35.5 Å². The molecule has 166 valence electrons. The van der Waals surface area contributed by atoms with E-state index >= 15 is 0 Å². The van der Waals surface area contributed by atoms with Crippen molar-refractivity contribution in [3.05, 3.63) is 62.0 Å². The minimum Gasteiger partial charge on any atom is -0.504 e. The first kappa shape index (κ1) is 23.1. The Labute approximate surface area is 191 Å². The zero-order valence-electron chi connectivity index (χ0n) is 16.9. The van der Waals surface area contributed by atoms with E-state index in [0.29, 0.717) is 22.5 Å². The van der Waals surface area contributed by atoms with Crippen molar-refractivity contribution in [2.24, 2.45) is 0 Å². The average molecular weight is 477 g/mol. The Morgan fingerprint density at radius 1 is 1.31 bits per heavy atom. The fourth-order valence-electron chi connectivity index (χ4n) is 2.82. The van der Waals surface area contributed by atoms with Gasteiger partial charge in [0.1, 0.15) is 4.91 Å². The van der Waals surface area contributed by atoms with E-state index in [1.54, 1.807) is 28.8 Å². The van der Waals surface area contributed by atoms with Crippen molar-refractivity contribution in [2.45, 2.75) is 18.6 Å². The molecule has 0 unspecified atom stereocenters. The van der Waals surface area contributed by atoms with Gasteiger partial charge in [-0.3, -0.25) is 10.1 Å². The Kier molecular flexibility index (Phi) is 7.01. The summed E-state index contributed by atoms with van der Waals surface area (Å²) in [5.41, 5.74) is 0.307. The van der Waals surface area contributed by atoms with Crippen LogP contribution in [0.1, 0.15) is 12.5 Å². The molecule has 3 rings (SSSR count). The molecule has 1 aromatic heterocycles. The van der Waals surface area contributed by atoms with Crippen LogP contribution in [0.5, 0.6) is 11.5 Å². The second-order valence-electron chi connectivity index (χ2n) is 6.32. The van der Waals surface area contributed by atoms with Crippen LogP contribution < -0.4 is 4.74 Å². The highest BCUT2D eigenvalue weighted by Crippen LogP contribution is 2.38. The molecular weight excluding hydrogens is 460 g/mol. The van der Waals surface area contributed by atoms with Gasteiger partial charge in [-0.25, -0.2) is 4.79 Å². The van der Waals surface area contributed by atoms with Gasteiger partial charge in [-0.2, -0.15) is 0 Å². The number of nitro benzene ring substituents is 1. The highest BCUT2D eigenvalue weighted by Gasteiger charge is 2.21. The maximum absolute atomic E-state index is 11.9. The molecule has 0 aliphatic rings. The van der Waals surface area contributed by atoms with Gasteiger partial charge in [-0.05, 0) is 49.0 Å². The van der Waals surface area contributed by atoms with Crippen LogP contribution in [0.4, 0.5) is 5.69 Å². The number of thioether (sulfide) groups is 1. The molecule has 2 N–H and O–H groups in total. The number of phenolic OH excluding ortho intramolecular Hbond substituents is 1. The molecule has 32 heavy (non-hydrogen) atoms. The Balaban J connectivity index is 2.04. The summed E-state index contributed by atoms with van der Waals surface area (Å²) in [5, 5.41) is 40.3. The Bertz CT molecular complexity index is 1210. The first-order valence-electron chi connectivity index (χ1n) is 9.12. The monoisotopic (exact) mass is 476 g/mol. The number of halogens is 1. The molecule has 0 saturated carbocycles. The number of methoxy groups -OCH3 is 1. The predicted octanol–water partition coefficient (Wildman–Crippen LogP) is 4.46. The summed E-state index contributed by atoms with van der Waals surface area (Å²) >= 11 is 6.73. The van der Waals surface area contributed by atoms with Gasteiger partial charge in [-0.1, -0.05) is 11.6 Å². The second-order valence-corrected chi connectivity index (χ2v) is 7.76. The minimum absolute atomic E-state index is 0.0820. The lowest BCUT2D eigenvalue weighted by molar-refractivity contribution is -0.385. The summed E-state index contributed by atoms with van der Waals surface area (Å²) in [6.07, 6.45) is 1.12. The summed E-state index contributed by atoms with van der Waals surface area (Å²) in [7, 11) is 1.24. The number of aliphatic carboxylic acids is 1. The number of benzene rings is 2. The smallest absolute Gasteiger partial charge is 0.342 e. The van der Waals surface area contributed by atoms with Crippen molar-refractivity contribution in [2.75, 3.05) is 7.11 Å². The highest BCUT2D eigenvalue weighted by molar-refractivity contribution is 8.04. The van der Waals surface area contributed by atoms with Gasteiger partial charge < -0.3 is 19.5 Å². The molecule has 0 spiro atoms. The van der Waals surface area contributed by atoms with Crippen LogP contribution in [0.3, 0.4) is 0 Å². The molecule has 0 aliphatic carbocycles. The molecule has 0 radical (unpaired) electrons. The van der Waals surface area contributed by atoms with Crippen molar-refractivity contribution in [1.82, 2.24) is 14.8 Å². The van der Waals surface area contributed by atoms with E-state index in [9.17, 15) is 25.1 Å². The summed E-state index contributed by atoms with van der Waals surface area (Å²) in [5.74, 6) is -1.35. The van der Waals surface area contributed by atoms with Crippen LogP contribution in [-0.2, 0) is 11.3 Å². The standard InChI is InChI=1S/C20H17ClN4O6S/c1-3-24-18(11-4-6-13(21)7-5-11)22-23-20(24)32-16(19(27)28)9-12-8-14(25(29)30)10-15(31-2)17(12)26/h4-10,26H,3H2,1-2H3,(H,27,28)/b16-9+. The SMILES string of the molecule is CCn1c(S/C(=C/c2cc([N+](=O)[O-])cc(OC)c2O)C(=O)O)nnc1-c1ccc(Cl)cc1. The number of carboxylic acid groups (broad SMARTS) is 1. The number of phenols is 1. The van der Waals surface area contributed by atoms with Gasteiger partial charge in [0.15, 0.2) is 22.5 Å². The number of nitrogens with zero attached hydrogens (tertiary/aromatic N) is 4. The van der Waals surface area contributed by atoms with Crippen LogP contribution in [0.15, 0.2) is 46.5 Å².